The van der Waals surface area contributed by atoms with Crippen molar-refractivity contribution < 1.29 is 18.0 Å². The number of hydrogen-bond donors (Lipinski definition) is 1. The normalized spacial score (nSPS) is 11.9. The smallest absolute Gasteiger partial charge is 0.264 e. The van der Waals surface area contributed by atoms with Crippen molar-refractivity contribution in [2.24, 2.45) is 0 Å². The number of carbonyl (C=O) groups is 2. The molecule has 9 heteroatoms. The monoisotopic (exact) mass is 617 g/mol. The molecule has 4 aromatic rings. The number of rotatable bonds is 13. The number of anilines is 1. The molecule has 0 aliphatic rings. The highest BCUT2D eigenvalue weighted by atomic mass is 35.5. The van der Waals surface area contributed by atoms with E-state index in [0.29, 0.717) is 29.2 Å². The van der Waals surface area contributed by atoms with Crippen LogP contribution in [0.25, 0.3) is 0 Å². The first-order chi connectivity index (χ1) is 20.8. The van der Waals surface area contributed by atoms with E-state index in [1.165, 1.54) is 17.0 Å². The molecule has 224 valence electrons. The number of para-hydroxylation sites is 1. The maximum absolute atomic E-state index is 14.5. The molecule has 0 radical (unpaired) electrons. The fourth-order valence-corrected chi connectivity index (χ4v) is 6.61. The summed E-state index contributed by atoms with van der Waals surface area (Å²) in [6, 6.07) is 30.8. The van der Waals surface area contributed by atoms with Crippen LogP contribution < -0.4 is 9.62 Å². The SMILES string of the molecule is CCNC(=O)[C@H](Cc1ccccc1)N(Cc1ccccc1Cl)C(=O)CN(c1ccccc1CC)S(=O)(=O)c1ccccc1. The molecule has 0 saturated heterocycles. The van der Waals surface area contributed by atoms with Crippen molar-refractivity contribution in [3.05, 3.63) is 131 Å². The number of hydrogen-bond acceptors (Lipinski definition) is 4. The first-order valence-electron chi connectivity index (χ1n) is 14.3. The highest BCUT2D eigenvalue weighted by Crippen LogP contribution is 2.29. The molecule has 0 aliphatic heterocycles. The van der Waals surface area contributed by atoms with Crippen molar-refractivity contribution in [1.82, 2.24) is 10.2 Å². The molecule has 1 N–H and O–H groups in total. The summed E-state index contributed by atoms with van der Waals surface area (Å²) in [6.07, 6.45) is 0.796. The van der Waals surface area contributed by atoms with Gasteiger partial charge in [0.25, 0.3) is 10.0 Å². The predicted octanol–water partition coefficient (Wildman–Crippen LogP) is 5.87. The van der Waals surface area contributed by atoms with E-state index in [1.54, 1.807) is 48.5 Å². The average Bonchev–Trinajstić information content (AvgIpc) is 3.03. The van der Waals surface area contributed by atoms with Crippen molar-refractivity contribution in [1.29, 1.82) is 0 Å². The first-order valence-corrected chi connectivity index (χ1v) is 16.1. The summed E-state index contributed by atoms with van der Waals surface area (Å²) < 4.78 is 29.4. The summed E-state index contributed by atoms with van der Waals surface area (Å²) in [7, 11) is -4.15. The van der Waals surface area contributed by atoms with Crippen LogP contribution in [0.2, 0.25) is 5.02 Å². The maximum Gasteiger partial charge on any atom is 0.264 e. The second-order valence-corrected chi connectivity index (χ2v) is 12.3. The zero-order chi connectivity index (χ0) is 30.8. The molecule has 4 rings (SSSR count). The second kappa shape index (κ2) is 14.8. The Hall–Kier alpha value is -4.14. The summed E-state index contributed by atoms with van der Waals surface area (Å²) in [5.41, 5.74) is 2.70. The molecule has 2 amide bonds. The summed E-state index contributed by atoms with van der Waals surface area (Å²) in [5, 5.41) is 3.31. The quantitative estimate of drug-likeness (QED) is 0.203. The molecule has 0 unspecified atom stereocenters. The zero-order valence-corrected chi connectivity index (χ0v) is 25.9. The lowest BCUT2D eigenvalue weighted by Gasteiger charge is -2.34. The van der Waals surface area contributed by atoms with Crippen LogP contribution >= 0.6 is 11.6 Å². The van der Waals surface area contributed by atoms with Crippen molar-refractivity contribution >= 4 is 39.1 Å². The molecule has 0 heterocycles. The van der Waals surface area contributed by atoms with Gasteiger partial charge in [-0.25, -0.2) is 8.42 Å². The zero-order valence-electron chi connectivity index (χ0n) is 24.3. The van der Waals surface area contributed by atoms with Gasteiger partial charge in [-0.3, -0.25) is 13.9 Å². The largest absolute Gasteiger partial charge is 0.355 e. The Morgan fingerprint density at radius 1 is 0.791 bits per heavy atom. The van der Waals surface area contributed by atoms with Gasteiger partial charge in [0.05, 0.1) is 10.6 Å². The molecule has 0 aliphatic carbocycles. The van der Waals surface area contributed by atoms with E-state index < -0.39 is 28.5 Å². The van der Waals surface area contributed by atoms with Gasteiger partial charge in [-0.2, -0.15) is 0 Å². The van der Waals surface area contributed by atoms with Crippen molar-refractivity contribution in [2.75, 3.05) is 17.4 Å². The van der Waals surface area contributed by atoms with Gasteiger partial charge in [0.1, 0.15) is 12.6 Å². The number of nitrogens with one attached hydrogen (secondary N) is 1. The molecular formula is C34H36ClN3O4S. The van der Waals surface area contributed by atoms with E-state index in [1.807, 2.05) is 62.4 Å². The molecule has 0 spiro atoms. The van der Waals surface area contributed by atoms with Gasteiger partial charge in [-0.15, -0.1) is 0 Å². The molecule has 4 aromatic carbocycles. The Labute approximate surface area is 259 Å². The van der Waals surface area contributed by atoms with Gasteiger partial charge in [0.2, 0.25) is 11.8 Å². The number of aryl methyl sites for hydroxylation is 1. The van der Waals surface area contributed by atoms with Crippen molar-refractivity contribution in [3.63, 3.8) is 0 Å². The van der Waals surface area contributed by atoms with Crippen LogP contribution in [0.5, 0.6) is 0 Å². The Bertz CT molecular complexity index is 1630. The fraction of sp³-hybridized carbons (Fsp3) is 0.235. The summed E-state index contributed by atoms with van der Waals surface area (Å²) in [6.45, 7) is 3.62. The highest BCUT2D eigenvalue weighted by Gasteiger charge is 2.35. The third kappa shape index (κ3) is 7.83. The standard InChI is InChI=1S/C34H36ClN3O4S/c1-3-27-17-12-14-22-31(27)38(43(41,42)29-19-9-6-10-20-29)25-33(39)37(24-28-18-11-13-21-30(28)35)32(34(40)36-4-2)23-26-15-7-5-8-16-26/h5-22,32H,3-4,23-25H2,1-2H3,(H,36,40)/t32-/m0/s1. The first kappa shape index (κ1) is 31.8. The lowest BCUT2D eigenvalue weighted by molar-refractivity contribution is -0.140. The van der Waals surface area contributed by atoms with Crippen molar-refractivity contribution in [2.45, 2.75) is 44.2 Å². The molecule has 0 fully saturated rings. The lowest BCUT2D eigenvalue weighted by Crippen LogP contribution is -2.53. The van der Waals surface area contributed by atoms with Gasteiger partial charge in [-0.05, 0) is 54.3 Å². The topological polar surface area (TPSA) is 86.8 Å². The number of amides is 2. The lowest BCUT2D eigenvalue weighted by atomic mass is 10.0. The van der Waals surface area contributed by atoms with E-state index in [0.717, 1.165) is 15.4 Å². The molecule has 0 aromatic heterocycles. The second-order valence-electron chi connectivity index (χ2n) is 10.0. The van der Waals surface area contributed by atoms with Gasteiger partial charge >= 0.3 is 0 Å². The van der Waals surface area contributed by atoms with E-state index >= 15 is 0 Å². The maximum atomic E-state index is 14.5. The highest BCUT2D eigenvalue weighted by molar-refractivity contribution is 7.92. The third-order valence-corrected chi connectivity index (χ3v) is 9.31. The van der Waals surface area contributed by atoms with E-state index in [9.17, 15) is 18.0 Å². The minimum absolute atomic E-state index is 0.0157. The molecular weight excluding hydrogens is 582 g/mol. The number of likely N-dealkylation sites (N-methyl/N-ethyl adjacent to an activating group) is 1. The Balaban J connectivity index is 1.82. The minimum Gasteiger partial charge on any atom is -0.355 e. The van der Waals surface area contributed by atoms with Crippen molar-refractivity contribution in [3.8, 4) is 0 Å². The van der Waals surface area contributed by atoms with Gasteiger partial charge < -0.3 is 10.2 Å². The number of sulfonamides is 1. The summed E-state index contributed by atoms with van der Waals surface area (Å²) in [4.78, 5) is 29.5. The predicted molar refractivity (Wildman–Crippen MR) is 171 cm³/mol. The number of nitrogens with zero attached hydrogens (tertiary/aromatic N) is 2. The van der Waals surface area contributed by atoms with Gasteiger partial charge in [-0.1, -0.05) is 103 Å². The average molecular weight is 618 g/mol. The Morgan fingerprint density at radius 2 is 1.37 bits per heavy atom. The molecule has 7 nitrogen and oxygen atoms in total. The molecule has 0 bridgehead atoms. The summed E-state index contributed by atoms with van der Waals surface area (Å²) >= 11 is 6.53. The molecule has 0 saturated carbocycles. The van der Waals surface area contributed by atoms with Crippen LogP contribution in [0.1, 0.15) is 30.5 Å². The van der Waals surface area contributed by atoms with Gasteiger partial charge in [0, 0.05) is 24.5 Å². The number of halogens is 1. The molecule has 1 atom stereocenters. The van der Waals surface area contributed by atoms with E-state index in [-0.39, 0.29) is 23.8 Å². The van der Waals surface area contributed by atoms with Crippen LogP contribution in [0.4, 0.5) is 5.69 Å². The Morgan fingerprint density at radius 3 is 2.00 bits per heavy atom. The van der Waals surface area contributed by atoms with E-state index in [2.05, 4.69) is 5.32 Å². The van der Waals surface area contributed by atoms with Crippen LogP contribution in [-0.2, 0) is 39.0 Å². The Kier molecular flexibility index (Phi) is 11.0. The van der Waals surface area contributed by atoms with Gasteiger partial charge in [0.15, 0.2) is 0 Å². The van der Waals surface area contributed by atoms with Crippen LogP contribution in [0.15, 0.2) is 114 Å². The number of benzene rings is 4. The van der Waals surface area contributed by atoms with Crippen LogP contribution in [0.3, 0.4) is 0 Å². The minimum atomic E-state index is -4.15. The van der Waals surface area contributed by atoms with E-state index in [4.69, 9.17) is 11.6 Å². The van der Waals surface area contributed by atoms with Crippen LogP contribution in [0, 0.1) is 0 Å². The number of carbonyl (C=O) groups excluding carboxylic acids is 2. The third-order valence-electron chi connectivity index (χ3n) is 7.17. The summed E-state index contributed by atoms with van der Waals surface area (Å²) in [5.74, 6) is -0.865. The van der Waals surface area contributed by atoms with Crippen LogP contribution in [-0.4, -0.2) is 44.3 Å². The molecule has 43 heavy (non-hydrogen) atoms. The fourth-order valence-electron chi connectivity index (χ4n) is 4.94.